The number of rotatable bonds is 7. The summed E-state index contributed by atoms with van der Waals surface area (Å²) in [5.41, 5.74) is 2.40. The van der Waals surface area contributed by atoms with Gasteiger partial charge in [0.05, 0.1) is 24.6 Å². The van der Waals surface area contributed by atoms with E-state index in [-0.39, 0.29) is 42.8 Å². The number of morpholine rings is 1. The number of anilines is 3. The number of carbonyl (C=O) groups excluding carboxylic acids is 2. The van der Waals surface area contributed by atoms with Crippen molar-refractivity contribution in [2.75, 3.05) is 47.5 Å². The van der Waals surface area contributed by atoms with E-state index in [1.165, 1.54) is 0 Å². The number of hydrogen-bond donors (Lipinski definition) is 1. The predicted molar refractivity (Wildman–Crippen MR) is 132 cm³/mol. The van der Waals surface area contributed by atoms with Gasteiger partial charge >= 0.3 is 0 Å². The minimum atomic E-state index is -0.225. The first-order valence-electron chi connectivity index (χ1n) is 12.1. The summed E-state index contributed by atoms with van der Waals surface area (Å²) in [6.45, 7) is 8.50. The second-order valence-electron chi connectivity index (χ2n) is 8.76. The number of aromatic nitrogens is 2. The average molecular weight is 468 g/mol. The molecule has 0 atom stereocenters. The van der Waals surface area contributed by atoms with Gasteiger partial charge in [-0.05, 0) is 38.3 Å². The second-order valence-corrected chi connectivity index (χ2v) is 8.76. The van der Waals surface area contributed by atoms with Crippen molar-refractivity contribution >= 4 is 29.1 Å². The smallest absolute Gasteiger partial charge is 0.255 e. The molecule has 9 nitrogen and oxygen atoms in total. The molecule has 34 heavy (non-hydrogen) atoms. The fraction of sp³-hybridized carbons (Fsp3) is 0.520. The zero-order valence-corrected chi connectivity index (χ0v) is 20.2. The maximum Gasteiger partial charge on any atom is 0.255 e. The summed E-state index contributed by atoms with van der Waals surface area (Å²) in [6, 6.07) is 7.64. The minimum Gasteiger partial charge on any atom is -0.378 e. The van der Waals surface area contributed by atoms with Gasteiger partial charge in [-0.3, -0.25) is 19.4 Å². The van der Waals surface area contributed by atoms with Crippen molar-refractivity contribution in [2.24, 2.45) is 0 Å². The quantitative estimate of drug-likeness (QED) is 0.672. The monoisotopic (exact) mass is 467 g/mol. The Bertz CT molecular complexity index is 1100. The lowest BCUT2D eigenvalue weighted by atomic mass is 10.0. The number of para-hydroxylation sites is 2. The molecule has 2 amide bonds. The van der Waals surface area contributed by atoms with Gasteiger partial charge in [-0.15, -0.1) is 0 Å². The van der Waals surface area contributed by atoms with Crippen molar-refractivity contribution in [1.29, 1.82) is 0 Å². The number of hydrogen-bond acceptors (Lipinski definition) is 6. The Morgan fingerprint density at radius 3 is 2.44 bits per heavy atom. The lowest BCUT2D eigenvalue weighted by Crippen LogP contribution is -2.51. The van der Waals surface area contributed by atoms with Gasteiger partial charge in [0.1, 0.15) is 6.54 Å². The van der Waals surface area contributed by atoms with Crippen LogP contribution in [0.4, 0.5) is 17.3 Å². The number of H-pyrrole nitrogens is 1. The fourth-order valence-electron chi connectivity index (χ4n) is 4.79. The van der Waals surface area contributed by atoms with E-state index in [2.05, 4.69) is 23.8 Å². The normalized spacial score (nSPS) is 16.2. The molecule has 2 aliphatic heterocycles. The minimum absolute atomic E-state index is 0.00983. The highest BCUT2D eigenvalue weighted by molar-refractivity contribution is 6.11. The Kier molecular flexibility index (Phi) is 7.31. The molecule has 1 aromatic carbocycles. The highest BCUT2D eigenvalue weighted by Crippen LogP contribution is 2.36. The summed E-state index contributed by atoms with van der Waals surface area (Å²) in [5, 5.41) is 0. The molecule has 0 radical (unpaired) electrons. The molecule has 0 spiro atoms. The third-order valence-corrected chi connectivity index (χ3v) is 6.71. The van der Waals surface area contributed by atoms with Crippen LogP contribution in [-0.4, -0.2) is 60.7 Å². The van der Waals surface area contributed by atoms with Gasteiger partial charge in [0, 0.05) is 36.8 Å². The van der Waals surface area contributed by atoms with E-state index in [0.29, 0.717) is 43.5 Å². The molecule has 0 aliphatic carbocycles. The largest absolute Gasteiger partial charge is 0.378 e. The van der Waals surface area contributed by atoms with Gasteiger partial charge in [0.15, 0.2) is 0 Å². The number of ether oxygens (including phenoxy) is 1. The molecule has 182 valence electrons. The Hall–Kier alpha value is -3.20. The molecule has 1 N–H and O–H groups in total. The summed E-state index contributed by atoms with van der Waals surface area (Å²) in [5.74, 6) is 0.283. The summed E-state index contributed by atoms with van der Waals surface area (Å²) in [4.78, 5) is 51.9. The van der Waals surface area contributed by atoms with Gasteiger partial charge in [-0.25, -0.2) is 4.98 Å². The lowest BCUT2D eigenvalue weighted by molar-refractivity contribution is -0.123. The standard InChI is InChI=1S/C25H33N5O4/c1-4-18(5-2)30-21-9-7-6-8-20(21)29(16-23(30)32)22(31)11-10-19-17(3)26-25(27-24(19)33)28-12-14-34-15-13-28/h6-9,18H,4-5,10-16H2,1-3H3,(H,26,27,33). The Balaban J connectivity index is 1.51. The molecule has 2 aliphatic rings. The third kappa shape index (κ3) is 4.70. The summed E-state index contributed by atoms with van der Waals surface area (Å²) < 4.78 is 5.36. The topological polar surface area (TPSA) is 98.8 Å². The Morgan fingerprint density at radius 2 is 1.79 bits per heavy atom. The molecular weight excluding hydrogens is 434 g/mol. The number of carbonyl (C=O) groups is 2. The Labute approximate surface area is 199 Å². The molecular formula is C25H33N5O4. The first-order chi connectivity index (χ1) is 16.4. The van der Waals surface area contributed by atoms with Gasteiger partial charge in [-0.1, -0.05) is 26.0 Å². The second kappa shape index (κ2) is 10.4. The predicted octanol–water partition coefficient (Wildman–Crippen LogP) is 2.42. The fourth-order valence-corrected chi connectivity index (χ4v) is 4.79. The van der Waals surface area contributed by atoms with E-state index < -0.39 is 0 Å². The first-order valence-corrected chi connectivity index (χ1v) is 12.1. The summed E-state index contributed by atoms with van der Waals surface area (Å²) >= 11 is 0. The highest BCUT2D eigenvalue weighted by atomic mass is 16.5. The molecule has 0 unspecified atom stereocenters. The van der Waals surface area contributed by atoms with E-state index >= 15 is 0 Å². The Morgan fingerprint density at radius 1 is 1.12 bits per heavy atom. The van der Waals surface area contributed by atoms with Crippen molar-refractivity contribution < 1.29 is 14.3 Å². The van der Waals surface area contributed by atoms with Gasteiger partial charge in [0.2, 0.25) is 17.8 Å². The van der Waals surface area contributed by atoms with Crippen LogP contribution < -0.4 is 20.3 Å². The molecule has 0 bridgehead atoms. The van der Waals surface area contributed by atoms with Crippen LogP contribution in [0.3, 0.4) is 0 Å². The molecule has 4 rings (SSSR count). The number of aromatic amines is 1. The molecule has 1 fully saturated rings. The highest BCUT2D eigenvalue weighted by Gasteiger charge is 2.35. The van der Waals surface area contributed by atoms with Crippen LogP contribution in [0.2, 0.25) is 0 Å². The zero-order valence-electron chi connectivity index (χ0n) is 20.2. The van der Waals surface area contributed by atoms with E-state index in [9.17, 15) is 14.4 Å². The SMILES string of the molecule is CCC(CC)N1C(=O)CN(C(=O)CCc2c(C)nc(N3CCOCC3)[nH]c2=O)c2ccccc21. The number of amides is 2. The van der Waals surface area contributed by atoms with Crippen LogP contribution >= 0.6 is 0 Å². The first kappa shape index (κ1) is 23.9. The maximum atomic E-state index is 13.2. The lowest BCUT2D eigenvalue weighted by Gasteiger charge is -2.40. The third-order valence-electron chi connectivity index (χ3n) is 6.71. The van der Waals surface area contributed by atoms with Crippen LogP contribution in [0.15, 0.2) is 29.1 Å². The van der Waals surface area contributed by atoms with E-state index in [4.69, 9.17) is 4.74 Å². The van der Waals surface area contributed by atoms with E-state index in [1.54, 1.807) is 11.8 Å². The summed E-state index contributed by atoms with van der Waals surface area (Å²) in [7, 11) is 0. The number of nitrogens with one attached hydrogen (secondary N) is 1. The van der Waals surface area contributed by atoms with Gasteiger partial charge in [0.25, 0.3) is 5.56 Å². The summed E-state index contributed by atoms with van der Waals surface area (Å²) in [6.07, 6.45) is 2.08. The maximum absolute atomic E-state index is 13.2. The van der Waals surface area contributed by atoms with Gasteiger partial charge in [-0.2, -0.15) is 0 Å². The van der Waals surface area contributed by atoms with Crippen molar-refractivity contribution in [3.05, 3.63) is 45.9 Å². The zero-order chi connectivity index (χ0) is 24.2. The van der Waals surface area contributed by atoms with Gasteiger partial charge < -0.3 is 19.4 Å². The molecule has 1 saturated heterocycles. The van der Waals surface area contributed by atoms with E-state index in [1.807, 2.05) is 34.1 Å². The van der Waals surface area contributed by atoms with Crippen LogP contribution in [0.25, 0.3) is 0 Å². The van der Waals surface area contributed by atoms with Crippen molar-refractivity contribution in [3.63, 3.8) is 0 Å². The molecule has 2 aromatic rings. The molecule has 3 heterocycles. The number of aryl methyl sites for hydroxylation is 1. The van der Waals surface area contributed by atoms with Crippen LogP contribution in [-0.2, 0) is 20.7 Å². The number of nitrogens with zero attached hydrogens (tertiary/aromatic N) is 4. The van der Waals surface area contributed by atoms with Crippen LogP contribution in [0.1, 0.15) is 44.4 Å². The number of fused-ring (bicyclic) bond motifs is 1. The molecule has 1 aromatic heterocycles. The van der Waals surface area contributed by atoms with Crippen LogP contribution in [0, 0.1) is 6.92 Å². The molecule has 9 heteroatoms. The van der Waals surface area contributed by atoms with Crippen molar-refractivity contribution in [2.45, 2.75) is 52.5 Å². The van der Waals surface area contributed by atoms with Crippen LogP contribution in [0.5, 0.6) is 0 Å². The van der Waals surface area contributed by atoms with Crippen molar-refractivity contribution in [3.8, 4) is 0 Å². The number of benzene rings is 1. The average Bonchev–Trinajstić information content (AvgIpc) is 2.85. The van der Waals surface area contributed by atoms with E-state index in [0.717, 1.165) is 24.2 Å². The van der Waals surface area contributed by atoms with Crippen molar-refractivity contribution in [1.82, 2.24) is 9.97 Å². The molecule has 0 saturated carbocycles.